The van der Waals surface area contributed by atoms with Crippen LogP contribution in [0.1, 0.15) is 24.0 Å². The van der Waals surface area contributed by atoms with Gasteiger partial charge in [0.25, 0.3) is 0 Å². The first-order valence-electron chi connectivity index (χ1n) is 5.58. The molecule has 4 heteroatoms. The van der Waals surface area contributed by atoms with Crippen molar-refractivity contribution in [2.24, 2.45) is 0 Å². The molecule has 0 spiro atoms. The van der Waals surface area contributed by atoms with Crippen molar-refractivity contribution in [3.8, 4) is 0 Å². The molecule has 0 unspecified atom stereocenters. The van der Waals surface area contributed by atoms with E-state index in [2.05, 4.69) is 6.92 Å². The molecule has 0 aliphatic rings. The highest BCUT2D eigenvalue weighted by Crippen LogP contribution is 2.32. The average molecular weight is 245 g/mol. The molecule has 1 aromatic carbocycles. The second kappa shape index (κ2) is 6.64. The zero-order chi connectivity index (χ0) is 12.7. The van der Waals surface area contributed by atoms with E-state index >= 15 is 0 Å². The van der Waals surface area contributed by atoms with Gasteiger partial charge >= 0.3 is 6.18 Å². The van der Waals surface area contributed by atoms with E-state index in [-0.39, 0.29) is 0 Å². The number of aryl methyl sites for hydroxylation is 1. The summed E-state index contributed by atoms with van der Waals surface area (Å²) in [5, 5.41) is 0. The van der Waals surface area contributed by atoms with Gasteiger partial charge in [0.15, 0.2) is 0 Å². The van der Waals surface area contributed by atoms with Crippen LogP contribution in [0.5, 0.6) is 0 Å². The highest BCUT2D eigenvalue weighted by Gasteiger charge is 2.32. The first-order chi connectivity index (χ1) is 8.05. The topological polar surface area (TPSA) is 9.23 Å². The molecule has 1 aromatic rings. The molecule has 1 radical (unpaired) electrons. The van der Waals surface area contributed by atoms with Crippen LogP contribution in [0.2, 0.25) is 0 Å². The van der Waals surface area contributed by atoms with Gasteiger partial charge in [0, 0.05) is 13.2 Å². The maximum absolute atomic E-state index is 12.6. The lowest BCUT2D eigenvalue weighted by Gasteiger charge is -2.12. The molecule has 95 valence electrons. The molecule has 1 nitrogen and oxygen atoms in total. The largest absolute Gasteiger partial charge is 0.416 e. The number of halogens is 3. The van der Waals surface area contributed by atoms with E-state index in [1.165, 1.54) is 12.1 Å². The summed E-state index contributed by atoms with van der Waals surface area (Å²) in [6.07, 6.45) is -2.62. The standard InChI is InChI=1S/C13H16F3O/c1-2-9-17-10-5-7-11-6-3-4-8-12(11)13(14,15)16/h3-4,6,8H,1-2,5,7,9-10H2. The quantitative estimate of drug-likeness (QED) is 0.691. The molecule has 0 N–H and O–H groups in total. The minimum absolute atomic E-state index is 0.332. The number of benzene rings is 1. The summed E-state index contributed by atoms with van der Waals surface area (Å²) in [6, 6.07) is 5.67. The predicted octanol–water partition coefficient (Wildman–Crippen LogP) is 3.88. The lowest BCUT2D eigenvalue weighted by atomic mass is 10.0. The van der Waals surface area contributed by atoms with Gasteiger partial charge in [-0.15, -0.1) is 0 Å². The summed E-state index contributed by atoms with van der Waals surface area (Å²) < 4.78 is 43.1. The van der Waals surface area contributed by atoms with E-state index in [1.807, 2.05) is 0 Å². The summed E-state index contributed by atoms with van der Waals surface area (Å²) in [7, 11) is 0. The van der Waals surface area contributed by atoms with Crippen LogP contribution >= 0.6 is 0 Å². The van der Waals surface area contributed by atoms with Crippen molar-refractivity contribution in [2.75, 3.05) is 13.2 Å². The van der Waals surface area contributed by atoms with Gasteiger partial charge in [0.1, 0.15) is 0 Å². The van der Waals surface area contributed by atoms with Crippen LogP contribution in [-0.4, -0.2) is 13.2 Å². The van der Waals surface area contributed by atoms with Crippen molar-refractivity contribution in [2.45, 2.75) is 25.4 Å². The van der Waals surface area contributed by atoms with Crippen LogP contribution in [0, 0.1) is 6.92 Å². The lowest BCUT2D eigenvalue weighted by Crippen LogP contribution is -2.09. The molecule has 0 aliphatic carbocycles. The fourth-order valence-corrected chi connectivity index (χ4v) is 1.58. The van der Waals surface area contributed by atoms with Crippen molar-refractivity contribution < 1.29 is 17.9 Å². The summed E-state index contributed by atoms with van der Waals surface area (Å²) >= 11 is 0. The molecule has 0 saturated heterocycles. The normalized spacial score (nSPS) is 11.8. The smallest absolute Gasteiger partial charge is 0.381 e. The Hall–Kier alpha value is -1.03. The number of ether oxygens (including phenoxy) is 1. The fraction of sp³-hybridized carbons (Fsp3) is 0.462. The first kappa shape index (κ1) is 14.0. The molecule has 1 rings (SSSR count). The lowest BCUT2D eigenvalue weighted by molar-refractivity contribution is -0.138. The van der Waals surface area contributed by atoms with Gasteiger partial charge in [-0.3, -0.25) is 0 Å². The molecule has 0 bridgehead atoms. The van der Waals surface area contributed by atoms with Crippen LogP contribution < -0.4 is 0 Å². The molecule has 17 heavy (non-hydrogen) atoms. The molecule has 0 saturated carbocycles. The zero-order valence-corrected chi connectivity index (χ0v) is 9.59. The molecule has 0 aliphatic heterocycles. The van der Waals surface area contributed by atoms with Crippen molar-refractivity contribution >= 4 is 0 Å². The van der Waals surface area contributed by atoms with Gasteiger partial charge in [-0.2, -0.15) is 13.2 Å². The Labute approximate surface area is 99.6 Å². The first-order valence-corrected chi connectivity index (χ1v) is 5.58. The van der Waals surface area contributed by atoms with E-state index in [1.54, 1.807) is 6.07 Å². The Balaban J connectivity index is 2.53. The van der Waals surface area contributed by atoms with Gasteiger partial charge < -0.3 is 4.74 Å². The van der Waals surface area contributed by atoms with Crippen molar-refractivity contribution in [3.05, 3.63) is 42.3 Å². The van der Waals surface area contributed by atoms with Gasteiger partial charge in [0.2, 0.25) is 0 Å². The number of rotatable bonds is 6. The zero-order valence-electron chi connectivity index (χ0n) is 9.59. The fourth-order valence-electron chi connectivity index (χ4n) is 1.58. The molecule has 0 heterocycles. The van der Waals surface area contributed by atoms with Gasteiger partial charge in [-0.05, 0) is 30.9 Å². The monoisotopic (exact) mass is 245 g/mol. The van der Waals surface area contributed by atoms with Gasteiger partial charge in [-0.25, -0.2) is 0 Å². The molecule has 0 amide bonds. The highest BCUT2D eigenvalue weighted by molar-refractivity contribution is 5.29. The summed E-state index contributed by atoms with van der Waals surface area (Å²) in [6.45, 7) is 4.64. The van der Waals surface area contributed by atoms with E-state index in [9.17, 15) is 13.2 Å². The van der Waals surface area contributed by atoms with Gasteiger partial charge in [-0.1, -0.05) is 25.1 Å². The Morgan fingerprint density at radius 3 is 2.47 bits per heavy atom. The van der Waals surface area contributed by atoms with Crippen LogP contribution in [0.3, 0.4) is 0 Å². The third-order valence-electron chi connectivity index (χ3n) is 2.35. The number of alkyl halides is 3. The third kappa shape index (κ3) is 4.77. The SMILES string of the molecule is [CH2]CCOCCCc1ccccc1C(F)(F)F. The van der Waals surface area contributed by atoms with Crippen LogP contribution in [-0.2, 0) is 17.3 Å². The minimum Gasteiger partial charge on any atom is -0.381 e. The van der Waals surface area contributed by atoms with Crippen molar-refractivity contribution in [1.29, 1.82) is 0 Å². The minimum atomic E-state index is -4.27. The van der Waals surface area contributed by atoms with E-state index < -0.39 is 11.7 Å². The van der Waals surface area contributed by atoms with E-state index in [0.29, 0.717) is 38.0 Å². The Morgan fingerprint density at radius 1 is 1.12 bits per heavy atom. The molecule has 0 aromatic heterocycles. The van der Waals surface area contributed by atoms with Crippen molar-refractivity contribution in [3.63, 3.8) is 0 Å². The number of hydrogen-bond donors (Lipinski definition) is 0. The second-order valence-electron chi connectivity index (χ2n) is 3.72. The van der Waals surface area contributed by atoms with Crippen LogP contribution in [0.4, 0.5) is 13.2 Å². The molecule has 0 fully saturated rings. The van der Waals surface area contributed by atoms with E-state index in [4.69, 9.17) is 4.74 Å². The Bertz CT molecular complexity index is 334. The molecular formula is C13H16F3O. The second-order valence-corrected chi connectivity index (χ2v) is 3.72. The maximum Gasteiger partial charge on any atom is 0.416 e. The Morgan fingerprint density at radius 2 is 1.82 bits per heavy atom. The summed E-state index contributed by atoms with van der Waals surface area (Å²) in [4.78, 5) is 0. The molecule has 0 atom stereocenters. The maximum atomic E-state index is 12.6. The highest BCUT2D eigenvalue weighted by atomic mass is 19.4. The Kier molecular flexibility index (Phi) is 5.48. The third-order valence-corrected chi connectivity index (χ3v) is 2.35. The van der Waals surface area contributed by atoms with Crippen molar-refractivity contribution in [1.82, 2.24) is 0 Å². The average Bonchev–Trinajstić information content (AvgIpc) is 2.28. The summed E-state index contributed by atoms with van der Waals surface area (Å²) in [5.41, 5.74) is -0.213. The number of hydrogen-bond acceptors (Lipinski definition) is 1. The predicted molar refractivity (Wildman–Crippen MR) is 60.6 cm³/mol. The van der Waals surface area contributed by atoms with Gasteiger partial charge in [0.05, 0.1) is 5.56 Å². The van der Waals surface area contributed by atoms with Crippen LogP contribution in [0.25, 0.3) is 0 Å². The molecular weight excluding hydrogens is 229 g/mol. The van der Waals surface area contributed by atoms with Crippen LogP contribution in [0.15, 0.2) is 24.3 Å². The summed E-state index contributed by atoms with van der Waals surface area (Å²) in [5.74, 6) is 0. The van der Waals surface area contributed by atoms with E-state index in [0.717, 1.165) is 6.07 Å².